The van der Waals surface area contributed by atoms with E-state index in [0.717, 1.165) is 16.8 Å². The Labute approximate surface area is 99.6 Å². The molecule has 5 heteroatoms. The lowest BCUT2D eigenvalue weighted by molar-refractivity contribution is -0.120. The topological polar surface area (TPSA) is 70.2 Å². The van der Waals surface area contributed by atoms with Gasteiger partial charge in [-0.05, 0) is 12.5 Å². The summed E-state index contributed by atoms with van der Waals surface area (Å²) < 4.78 is 0. The summed E-state index contributed by atoms with van der Waals surface area (Å²) in [6.45, 7) is 2.07. The van der Waals surface area contributed by atoms with E-state index in [0.29, 0.717) is 0 Å². The van der Waals surface area contributed by atoms with Crippen molar-refractivity contribution in [2.45, 2.75) is 13.0 Å². The van der Waals surface area contributed by atoms with Gasteiger partial charge < -0.3 is 10.6 Å². The molecule has 2 amide bonds. The second-order valence-corrected chi connectivity index (χ2v) is 4.02. The van der Waals surface area contributed by atoms with Crippen LogP contribution in [0.2, 0.25) is 0 Å². The van der Waals surface area contributed by atoms with Crippen LogP contribution in [-0.4, -0.2) is 25.4 Å². The molecule has 0 saturated heterocycles. The number of carbonyl (C=O) groups is 2. The van der Waals surface area contributed by atoms with Crippen molar-refractivity contribution in [1.29, 1.82) is 0 Å². The highest BCUT2D eigenvalue weighted by molar-refractivity contribution is 6.03. The third kappa shape index (κ3) is 2.14. The number of likely N-dealkylation sites (N-methyl/N-ethyl adjacent to an activating group) is 1. The SMILES string of the molecule is CNC(=O)CNC1C(=O)Nc2c(C)cccc21. The molecular formula is C12H15N3O2. The Morgan fingerprint density at radius 1 is 1.47 bits per heavy atom. The van der Waals surface area contributed by atoms with Crippen LogP contribution in [0.1, 0.15) is 17.2 Å². The molecule has 1 aliphatic heterocycles. The van der Waals surface area contributed by atoms with E-state index in [1.165, 1.54) is 0 Å². The standard InChI is InChI=1S/C12H15N3O2/c1-7-4-3-5-8-10(7)15-12(17)11(8)14-6-9(16)13-2/h3-5,11,14H,6H2,1-2H3,(H,13,16)(H,15,17). The van der Waals surface area contributed by atoms with Gasteiger partial charge in [0.1, 0.15) is 6.04 Å². The van der Waals surface area contributed by atoms with Crippen molar-refractivity contribution < 1.29 is 9.59 Å². The second-order valence-electron chi connectivity index (χ2n) is 4.02. The predicted octanol–water partition coefficient (Wildman–Crippen LogP) is 0.324. The van der Waals surface area contributed by atoms with Crippen LogP contribution in [0.4, 0.5) is 5.69 Å². The summed E-state index contributed by atoms with van der Waals surface area (Å²) in [5.41, 5.74) is 2.78. The molecule has 0 bridgehead atoms. The largest absolute Gasteiger partial charge is 0.358 e. The Bertz CT molecular complexity index is 471. The molecule has 1 aromatic rings. The number of hydrogen-bond donors (Lipinski definition) is 3. The average molecular weight is 233 g/mol. The van der Waals surface area contributed by atoms with Gasteiger partial charge in [-0.1, -0.05) is 18.2 Å². The van der Waals surface area contributed by atoms with E-state index in [4.69, 9.17) is 0 Å². The number of nitrogens with one attached hydrogen (secondary N) is 3. The molecule has 0 aromatic heterocycles. The summed E-state index contributed by atoms with van der Waals surface area (Å²) >= 11 is 0. The van der Waals surface area contributed by atoms with E-state index >= 15 is 0 Å². The van der Waals surface area contributed by atoms with Crippen molar-refractivity contribution in [1.82, 2.24) is 10.6 Å². The molecule has 1 unspecified atom stereocenters. The molecule has 3 N–H and O–H groups in total. The maximum Gasteiger partial charge on any atom is 0.246 e. The van der Waals surface area contributed by atoms with Crippen LogP contribution in [0.15, 0.2) is 18.2 Å². The number of benzene rings is 1. The minimum absolute atomic E-state index is 0.113. The molecule has 0 spiro atoms. The quantitative estimate of drug-likeness (QED) is 0.704. The highest BCUT2D eigenvalue weighted by Crippen LogP contribution is 2.32. The Hall–Kier alpha value is -1.88. The van der Waals surface area contributed by atoms with Crippen molar-refractivity contribution in [3.05, 3.63) is 29.3 Å². The van der Waals surface area contributed by atoms with E-state index in [9.17, 15) is 9.59 Å². The highest BCUT2D eigenvalue weighted by atomic mass is 16.2. The first-order chi connectivity index (χ1) is 8.13. The molecule has 90 valence electrons. The van der Waals surface area contributed by atoms with Crippen molar-refractivity contribution in [3.8, 4) is 0 Å². The number of aryl methyl sites for hydroxylation is 1. The normalized spacial score (nSPS) is 17.5. The van der Waals surface area contributed by atoms with Crippen LogP contribution in [0, 0.1) is 6.92 Å². The minimum atomic E-state index is -0.442. The Morgan fingerprint density at radius 3 is 2.94 bits per heavy atom. The van der Waals surface area contributed by atoms with Crippen molar-refractivity contribution in [3.63, 3.8) is 0 Å². The third-order valence-corrected chi connectivity index (χ3v) is 2.87. The number of rotatable bonds is 3. The van der Waals surface area contributed by atoms with Gasteiger partial charge in [-0.3, -0.25) is 14.9 Å². The smallest absolute Gasteiger partial charge is 0.246 e. The summed E-state index contributed by atoms with van der Waals surface area (Å²) in [6.07, 6.45) is 0. The lowest BCUT2D eigenvalue weighted by Crippen LogP contribution is -2.36. The zero-order valence-electron chi connectivity index (χ0n) is 9.83. The zero-order valence-corrected chi connectivity index (χ0v) is 9.83. The van der Waals surface area contributed by atoms with Crippen molar-refractivity contribution >= 4 is 17.5 Å². The number of anilines is 1. The maximum atomic E-state index is 11.8. The van der Waals surface area contributed by atoms with Gasteiger partial charge in [-0.25, -0.2) is 0 Å². The molecule has 1 aliphatic rings. The van der Waals surface area contributed by atoms with E-state index < -0.39 is 6.04 Å². The van der Waals surface area contributed by atoms with Gasteiger partial charge in [0.2, 0.25) is 11.8 Å². The molecule has 1 atom stereocenters. The first kappa shape index (κ1) is 11.6. The van der Waals surface area contributed by atoms with Gasteiger partial charge in [0.05, 0.1) is 6.54 Å². The molecule has 1 aromatic carbocycles. The maximum absolute atomic E-state index is 11.8. The molecule has 1 heterocycles. The van der Waals surface area contributed by atoms with Gasteiger partial charge in [-0.2, -0.15) is 0 Å². The molecule has 0 radical (unpaired) electrons. The molecule has 17 heavy (non-hydrogen) atoms. The van der Waals surface area contributed by atoms with Crippen LogP contribution < -0.4 is 16.0 Å². The summed E-state index contributed by atoms with van der Waals surface area (Å²) in [6, 6.07) is 5.30. The number of carbonyl (C=O) groups excluding carboxylic acids is 2. The summed E-state index contributed by atoms with van der Waals surface area (Å²) in [5.74, 6) is -0.253. The molecule has 0 saturated carbocycles. The second kappa shape index (κ2) is 4.55. The first-order valence-corrected chi connectivity index (χ1v) is 5.48. The third-order valence-electron chi connectivity index (χ3n) is 2.87. The van der Waals surface area contributed by atoms with Gasteiger partial charge in [0.15, 0.2) is 0 Å². The average Bonchev–Trinajstić information content (AvgIpc) is 2.64. The monoisotopic (exact) mass is 233 g/mol. The fraction of sp³-hybridized carbons (Fsp3) is 0.333. The highest BCUT2D eigenvalue weighted by Gasteiger charge is 2.31. The molecular weight excluding hydrogens is 218 g/mol. The van der Waals surface area contributed by atoms with Gasteiger partial charge in [0, 0.05) is 18.3 Å². The number of hydrogen-bond acceptors (Lipinski definition) is 3. The lowest BCUT2D eigenvalue weighted by atomic mass is 10.1. The Balaban J connectivity index is 2.18. The van der Waals surface area contributed by atoms with Crippen LogP contribution in [-0.2, 0) is 9.59 Å². The lowest BCUT2D eigenvalue weighted by Gasteiger charge is -2.10. The van der Waals surface area contributed by atoms with E-state index in [-0.39, 0.29) is 18.4 Å². The first-order valence-electron chi connectivity index (χ1n) is 5.48. The Kier molecular flexibility index (Phi) is 3.10. The number of para-hydroxylation sites is 1. The number of amides is 2. The fourth-order valence-corrected chi connectivity index (χ4v) is 1.92. The van der Waals surface area contributed by atoms with Gasteiger partial charge in [0.25, 0.3) is 0 Å². The minimum Gasteiger partial charge on any atom is -0.358 e. The summed E-state index contributed by atoms with van der Waals surface area (Å²) in [4.78, 5) is 22.9. The van der Waals surface area contributed by atoms with E-state index in [2.05, 4.69) is 16.0 Å². The molecule has 0 fully saturated rings. The molecule has 5 nitrogen and oxygen atoms in total. The van der Waals surface area contributed by atoms with E-state index in [1.807, 2.05) is 25.1 Å². The molecule has 2 rings (SSSR count). The van der Waals surface area contributed by atoms with Crippen molar-refractivity contribution in [2.24, 2.45) is 0 Å². The summed E-state index contributed by atoms with van der Waals surface area (Å²) in [5, 5.41) is 8.27. The predicted molar refractivity (Wildman–Crippen MR) is 64.6 cm³/mol. The zero-order chi connectivity index (χ0) is 12.4. The summed E-state index contributed by atoms with van der Waals surface area (Å²) in [7, 11) is 1.57. The Morgan fingerprint density at radius 2 is 2.24 bits per heavy atom. The van der Waals surface area contributed by atoms with E-state index in [1.54, 1.807) is 7.05 Å². The van der Waals surface area contributed by atoms with Crippen LogP contribution in [0.3, 0.4) is 0 Å². The van der Waals surface area contributed by atoms with Crippen molar-refractivity contribution in [2.75, 3.05) is 18.9 Å². The van der Waals surface area contributed by atoms with Crippen LogP contribution in [0.5, 0.6) is 0 Å². The van der Waals surface area contributed by atoms with Gasteiger partial charge >= 0.3 is 0 Å². The fourth-order valence-electron chi connectivity index (χ4n) is 1.92. The van der Waals surface area contributed by atoms with Gasteiger partial charge in [-0.15, -0.1) is 0 Å². The molecule has 0 aliphatic carbocycles. The van der Waals surface area contributed by atoms with Crippen LogP contribution in [0.25, 0.3) is 0 Å². The van der Waals surface area contributed by atoms with Crippen LogP contribution >= 0.6 is 0 Å². The number of fused-ring (bicyclic) bond motifs is 1.